The molecule has 48 heavy (non-hydrogen) atoms. The van der Waals surface area contributed by atoms with E-state index in [0.29, 0.717) is 0 Å². The number of rotatable bonds is 4. The SMILES string of the molecule is CC1(C)c2cccc3c2-c2c1ccc1nc(-c4ccc(C5=NC(c6ccccc6)=N[C@@H](c6ccccc6)C5)cc4)n(c21)-c1ccccc1-3. The largest absolute Gasteiger partial charge is 0.291 e. The number of benzene rings is 6. The average Bonchev–Trinajstić information content (AvgIpc) is 3.60. The lowest BCUT2D eigenvalue weighted by Gasteiger charge is -2.22. The van der Waals surface area contributed by atoms with E-state index in [4.69, 9.17) is 15.0 Å². The normalized spacial score (nSPS) is 16.7. The van der Waals surface area contributed by atoms with Crippen molar-refractivity contribution >= 4 is 22.6 Å². The van der Waals surface area contributed by atoms with E-state index in [1.54, 1.807) is 0 Å². The highest BCUT2D eigenvalue weighted by molar-refractivity contribution is 6.14. The monoisotopic (exact) mass is 616 g/mol. The molecule has 0 amide bonds. The van der Waals surface area contributed by atoms with Crippen molar-refractivity contribution < 1.29 is 0 Å². The van der Waals surface area contributed by atoms with Gasteiger partial charge >= 0.3 is 0 Å². The molecule has 0 bridgehead atoms. The second kappa shape index (κ2) is 10.1. The Bertz CT molecular complexity index is 2480. The first-order valence-corrected chi connectivity index (χ1v) is 16.7. The summed E-state index contributed by atoms with van der Waals surface area (Å²) in [6.07, 6.45) is 0.744. The highest BCUT2D eigenvalue weighted by atomic mass is 15.1. The van der Waals surface area contributed by atoms with Crippen LogP contribution in [0.15, 0.2) is 150 Å². The summed E-state index contributed by atoms with van der Waals surface area (Å²) < 4.78 is 2.41. The fraction of sp³-hybridized carbons (Fsp3) is 0.114. The van der Waals surface area contributed by atoms with Gasteiger partial charge in [0.1, 0.15) is 5.82 Å². The third-order valence-corrected chi connectivity index (χ3v) is 10.5. The van der Waals surface area contributed by atoms with Gasteiger partial charge in [-0.05, 0) is 45.5 Å². The van der Waals surface area contributed by atoms with E-state index in [1.165, 1.54) is 50.1 Å². The van der Waals surface area contributed by atoms with Crippen molar-refractivity contribution in [2.24, 2.45) is 9.98 Å². The minimum atomic E-state index is -0.0850. The highest BCUT2D eigenvalue weighted by Crippen LogP contribution is 2.57. The molecule has 3 aliphatic rings. The summed E-state index contributed by atoms with van der Waals surface area (Å²) in [7, 11) is 0. The number of aliphatic imine (C=N–C) groups is 2. The molecule has 1 aliphatic carbocycles. The average molecular weight is 617 g/mol. The fourth-order valence-electron chi connectivity index (χ4n) is 8.14. The maximum Gasteiger partial charge on any atom is 0.155 e. The topological polar surface area (TPSA) is 42.5 Å². The van der Waals surface area contributed by atoms with Crippen LogP contribution < -0.4 is 0 Å². The van der Waals surface area contributed by atoms with Crippen molar-refractivity contribution in [3.63, 3.8) is 0 Å². The van der Waals surface area contributed by atoms with Gasteiger partial charge in [0, 0.05) is 34.1 Å². The summed E-state index contributed by atoms with van der Waals surface area (Å²) in [6, 6.07) is 49.8. The van der Waals surface area contributed by atoms with Gasteiger partial charge in [-0.25, -0.2) is 9.98 Å². The van der Waals surface area contributed by atoms with Crippen LogP contribution in [-0.4, -0.2) is 21.1 Å². The van der Waals surface area contributed by atoms with Crippen molar-refractivity contribution in [3.05, 3.63) is 167 Å². The number of amidine groups is 1. The summed E-state index contributed by atoms with van der Waals surface area (Å²) in [5, 5.41) is 0. The number of aromatic nitrogens is 2. The molecule has 0 radical (unpaired) electrons. The fourth-order valence-corrected chi connectivity index (χ4v) is 8.14. The molecule has 0 fully saturated rings. The molecule has 4 nitrogen and oxygen atoms in total. The quantitative estimate of drug-likeness (QED) is 0.194. The number of nitrogens with zero attached hydrogens (tertiary/aromatic N) is 4. The van der Waals surface area contributed by atoms with Gasteiger partial charge in [0.2, 0.25) is 0 Å². The lowest BCUT2D eigenvalue weighted by molar-refractivity contribution is 0.661. The highest BCUT2D eigenvalue weighted by Gasteiger charge is 2.41. The molecule has 0 spiro atoms. The molecule has 6 aromatic carbocycles. The lowest BCUT2D eigenvalue weighted by Crippen LogP contribution is -2.17. The summed E-state index contributed by atoms with van der Waals surface area (Å²) in [4.78, 5) is 15.6. The zero-order chi connectivity index (χ0) is 32.0. The predicted octanol–water partition coefficient (Wildman–Crippen LogP) is 10.4. The number of imidazole rings is 1. The zero-order valence-corrected chi connectivity index (χ0v) is 26.9. The molecule has 0 N–H and O–H groups in total. The first-order chi connectivity index (χ1) is 23.6. The summed E-state index contributed by atoms with van der Waals surface area (Å²) in [5.41, 5.74) is 16.7. The Morgan fingerprint density at radius 3 is 2.10 bits per heavy atom. The molecule has 1 aromatic heterocycles. The van der Waals surface area contributed by atoms with Crippen LogP contribution in [0.5, 0.6) is 0 Å². The second-order valence-corrected chi connectivity index (χ2v) is 13.6. The zero-order valence-electron chi connectivity index (χ0n) is 26.9. The number of para-hydroxylation sites is 1. The number of hydrogen-bond donors (Lipinski definition) is 0. The first kappa shape index (κ1) is 27.3. The van der Waals surface area contributed by atoms with Crippen LogP contribution in [0.4, 0.5) is 0 Å². The Morgan fingerprint density at radius 2 is 1.29 bits per heavy atom. The van der Waals surface area contributed by atoms with E-state index in [2.05, 4.69) is 140 Å². The van der Waals surface area contributed by atoms with Crippen molar-refractivity contribution in [1.29, 1.82) is 0 Å². The summed E-state index contributed by atoms with van der Waals surface area (Å²) in [6.45, 7) is 4.71. The lowest BCUT2D eigenvalue weighted by atomic mass is 9.81. The van der Waals surface area contributed by atoms with Gasteiger partial charge in [-0.1, -0.05) is 141 Å². The van der Waals surface area contributed by atoms with Crippen LogP contribution in [-0.2, 0) is 5.41 Å². The Hall–Kier alpha value is -5.87. The van der Waals surface area contributed by atoms with E-state index >= 15 is 0 Å². The molecule has 2 aliphatic heterocycles. The van der Waals surface area contributed by atoms with Crippen LogP contribution in [0, 0.1) is 0 Å². The summed E-state index contributed by atoms with van der Waals surface area (Å²) in [5.74, 6) is 1.73. The van der Waals surface area contributed by atoms with E-state index in [0.717, 1.165) is 46.0 Å². The van der Waals surface area contributed by atoms with Gasteiger partial charge in [-0.2, -0.15) is 0 Å². The molecule has 0 saturated heterocycles. The predicted molar refractivity (Wildman–Crippen MR) is 196 cm³/mol. The molecule has 4 heteroatoms. The molecule has 1 atom stereocenters. The van der Waals surface area contributed by atoms with Gasteiger partial charge in [-0.3, -0.25) is 9.56 Å². The minimum absolute atomic E-state index is 0.00811. The maximum atomic E-state index is 5.34. The third kappa shape index (κ3) is 3.86. The van der Waals surface area contributed by atoms with Crippen LogP contribution >= 0.6 is 0 Å². The molecular weight excluding hydrogens is 585 g/mol. The van der Waals surface area contributed by atoms with Crippen molar-refractivity contribution in [1.82, 2.24) is 9.55 Å². The molecule has 7 aromatic rings. The van der Waals surface area contributed by atoms with Gasteiger partial charge in [0.25, 0.3) is 0 Å². The van der Waals surface area contributed by atoms with E-state index < -0.39 is 0 Å². The summed E-state index contributed by atoms with van der Waals surface area (Å²) >= 11 is 0. The minimum Gasteiger partial charge on any atom is -0.291 e. The van der Waals surface area contributed by atoms with E-state index in [1.807, 2.05) is 18.2 Å². The molecule has 10 rings (SSSR count). The van der Waals surface area contributed by atoms with Crippen LogP contribution in [0.3, 0.4) is 0 Å². The Kier molecular flexibility index (Phi) is 5.72. The van der Waals surface area contributed by atoms with Crippen LogP contribution in [0.2, 0.25) is 0 Å². The Balaban J connectivity index is 1.13. The van der Waals surface area contributed by atoms with Gasteiger partial charge in [0.15, 0.2) is 5.84 Å². The third-order valence-electron chi connectivity index (χ3n) is 10.5. The van der Waals surface area contributed by atoms with Crippen molar-refractivity contribution in [2.45, 2.75) is 31.7 Å². The molecule has 0 saturated carbocycles. The molecule has 228 valence electrons. The van der Waals surface area contributed by atoms with E-state index in [-0.39, 0.29) is 11.5 Å². The van der Waals surface area contributed by atoms with Gasteiger partial charge in [0.05, 0.1) is 28.5 Å². The van der Waals surface area contributed by atoms with Crippen molar-refractivity contribution in [3.8, 4) is 39.3 Å². The number of hydrogen-bond acceptors (Lipinski definition) is 3. The smallest absolute Gasteiger partial charge is 0.155 e. The molecule has 3 heterocycles. The van der Waals surface area contributed by atoms with Crippen LogP contribution in [0.25, 0.3) is 50.4 Å². The second-order valence-electron chi connectivity index (χ2n) is 13.6. The maximum absolute atomic E-state index is 5.34. The van der Waals surface area contributed by atoms with E-state index in [9.17, 15) is 0 Å². The number of fused-ring (bicyclic) bond motifs is 3. The van der Waals surface area contributed by atoms with Gasteiger partial charge < -0.3 is 0 Å². The molecule has 0 unspecified atom stereocenters. The first-order valence-electron chi connectivity index (χ1n) is 16.7. The Labute approximate surface area is 279 Å². The molecular formula is C44H32N4. The van der Waals surface area contributed by atoms with Crippen LogP contribution in [0.1, 0.15) is 54.1 Å². The van der Waals surface area contributed by atoms with Gasteiger partial charge in [-0.15, -0.1) is 0 Å². The van der Waals surface area contributed by atoms with Crippen molar-refractivity contribution in [2.75, 3.05) is 0 Å². The standard InChI is InChI=1S/C44H32N4/c1-44(2)33-18-11-17-32-31-16-9-10-19-38(31)48-41-35(25-24-34(44)40(41)39(32)33)47-43(48)30-22-20-28(21-23-30)37-26-36(27-12-5-3-6-13-27)45-42(46-37)29-14-7-4-8-15-29/h3-25,36H,26H2,1-2H3/t36-/m1/s1. The Morgan fingerprint density at radius 1 is 0.604 bits per heavy atom.